The molecular weight excluding hydrogens is 753 g/mol. The van der Waals surface area contributed by atoms with Crippen LogP contribution in [0.4, 0.5) is 0 Å². The molecule has 0 fully saturated rings. The zero-order valence-electron chi connectivity index (χ0n) is 36.6. The Morgan fingerprint density at radius 2 is 1.05 bits per heavy atom. The van der Waals surface area contributed by atoms with Crippen LogP contribution in [0, 0.1) is 0 Å². The van der Waals surface area contributed by atoms with E-state index in [4.69, 9.17) is 24.3 Å². The summed E-state index contributed by atoms with van der Waals surface area (Å²) in [5, 5.41) is 9.56. The maximum absolute atomic E-state index is 12.6. The van der Waals surface area contributed by atoms with Crippen molar-refractivity contribution in [3.8, 4) is 0 Å². The van der Waals surface area contributed by atoms with Crippen molar-refractivity contribution in [1.29, 1.82) is 0 Å². The molecule has 0 amide bonds. The smallest absolute Gasteiger partial charge is 0.462 e. The number of allylic oxidation sites excluding steroid dienone is 10. The molecule has 0 rings (SSSR count). The van der Waals surface area contributed by atoms with Gasteiger partial charge in [-0.3, -0.25) is 18.6 Å². The Hall–Kier alpha value is -2.33. The van der Waals surface area contributed by atoms with Gasteiger partial charge in [0, 0.05) is 19.4 Å². The highest BCUT2D eigenvalue weighted by Gasteiger charge is 2.26. The monoisotopic (exact) mass is 838 g/mol. The minimum absolute atomic E-state index is 0.0366. The van der Waals surface area contributed by atoms with Gasteiger partial charge >= 0.3 is 19.8 Å². The molecule has 0 aromatic rings. The number of unbranched alkanes of at least 4 members (excludes halogenated alkanes) is 16. The molecule has 3 atom stereocenters. The van der Waals surface area contributed by atoms with E-state index < -0.39 is 32.5 Å². The highest BCUT2D eigenvalue weighted by Crippen LogP contribution is 2.43. The highest BCUT2D eigenvalue weighted by atomic mass is 31.2. The average molecular weight is 838 g/mol. The molecule has 0 saturated carbocycles. The molecule has 0 saturated heterocycles. The van der Waals surface area contributed by atoms with Gasteiger partial charge in [0.1, 0.15) is 6.61 Å². The molecule has 336 valence electrons. The first-order chi connectivity index (χ1) is 28.2. The summed E-state index contributed by atoms with van der Waals surface area (Å²) in [6.45, 7) is 3.37. The molecule has 0 spiro atoms. The zero-order valence-corrected chi connectivity index (χ0v) is 37.5. The van der Waals surface area contributed by atoms with Crippen molar-refractivity contribution in [2.45, 2.75) is 199 Å². The molecule has 11 heteroatoms. The Morgan fingerprint density at radius 3 is 1.60 bits per heavy atom. The van der Waals surface area contributed by atoms with Crippen LogP contribution in [0.2, 0.25) is 0 Å². The number of nitrogens with two attached hydrogens (primary N) is 1. The molecule has 0 aliphatic rings. The van der Waals surface area contributed by atoms with Crippen LogP contribution in [0.15, 0.2) is 60.8 Å². The third kappa shape index (κ3) is 41.8. The van der Waals surface area contributed by atoms with Crippen molar-refractivity contribution in [1.82, 2.24) is 0 Å². The summed E-state index contributed by atoms with van der Waals surface area (Å²) >= 11 is 0. The molecule has 0 radical (unpaired) electrons. The van der Waals surface area contributed by atoms with Gasteiger partial charge in [-0.2, -0.15) is 0 Å². The Kier molecular flexibility index (Phi) is 41.1. The number of esters is 2. The fourth-order valence-electron chi connectivity index (χ4n) is 5.95. The van der Waals surface area contributed by atoms with Gasteiger partial charge in [-0.1, -0.05) is 152 Å². The number of aliphatic hydroxyl groups is 1. The number of phosphoric acid groups is 1. The van der Waals surface area contributed by atoms with Crippen molar-refractivity contribution in [3.05, 3.63) is 60.8 Å². The predicted molar refractivity (Wildman–Crippen MR) is 239 cm³/mol. The van der Waals surface area contributed by atoms with Gasteiger partial charge in [0.15, 0.2) is 6.10 Å². The van der Waals surface area contributed by atoms with E-state index in [1.165, 1.54) is 83.5 Å². The Morgan fingerprint density at radius 1 is 0.586 bits per heavy atom. The number of ether oxygens (including phenoxy) is 2. The molecule has 58 heavy (non-hydrogen) atoms. The lowest BCUT2D eigenvalue weighted by molar-refractivity contribution is -0.161. The van der Waals surface area contributed by atoms with Crippen LogP contribution in [-0.4, -0.2) is 60.5 Å². The van der Waals surface area contributed by atoms with E-state index in [0.29, 0.717) is 19.3 Å². The molecule has 10 nitrogen and oxygen atoms in total. The zero-order chi connectivity index (χ0) is 42.6. The van der Waals surface area contributed by atoms with Gasteiger partial charge in [0.05, 0.1) is 19.3 Å². The second kappa shape index (κ2) is 42.8. The van der Waals surface area contributed by atoms with E-state index in [1.54, 1.807) is 0 Å². The number of carbonyl (C=O) groups is 2. The summed E-state index contributed by atoms with van der Waals surface area (Å²) in [7, 11) is -4.40. The maximum Gasteiger partial charge on any atom is 0.472 e. The first-order valence-corrected chi connectivity index (χ1v) is 24.3. The SMILES string of the molecule is CCCCCCCC/C=C\CCCCCCCCCCCC(=O)OC[C@H](COP(=O)(O)OCCN)OC(=O)CCC/C=C\C/C=C\C/C=C\C/C=C\CC[C@H](O)CC. The lowest BCUT2D eigenvalue weighted by atomic mass is 10.1. The van der Waals surface area contributed by atoms with Crippen LogP contribution in [0.3, 0.4) is 0 Å². The largest absolute Gasteiger partial charge is 0.472 e. The Bertz CT molecular complexity index is 1150. The van der Waals surface area contributed by atoms with Gasteiger partial charge in [-0.05, 0) is 83.5 Å². The van der Waals surface area contributed by atoms with Crippen molar-refractivity contribution in [2.75, 3.05) is 26.4 Å². The molecule has 4 N–H and O–H groups in total. The van der Waals surface area contributed by atoms with Gasteiger partial charge in [-0.15, -0.1) is 0 Å². The molecule has 0 aliphatic heterocycles. The van der Waals surface area contributed by atoms with Gasteiger partial charge in [0.25, 0.3) is 0 Å². The van der Waals surface area contributed by atoms with E-state index in [-0.39, 0.29) is 38.7 Å². The molecule has 0 heterocycles. The van der Waals surface area contributed by atoms with E-state index in [9.17, 15) is 24.2 Å². The third-order valence-corrected chi connectivity index (χ3v) is 10.5. The van der Waals surface area contributed by atoms with E-state index in [2.05, 4.69) is 61.6 Å². The van der Waals surface area contributed by atoms with Crippen molar-refractivity contribution < 1.29 is 42.7 Å². The number of phosphoric ester groups is 1. The quantitative estimate of drug-likeness (QED) is 0.0234. The number of aliphatic hydroxyl groups excluding tert-OH is 1. The third-order valence-electron chi connectivity index (χ3n) is 9.54. The van der Waals surface area contributed by atoms with Gasteiger partial charge in [0.2, 0.25) is 0 Å². The van der Waals surface area contributed by atoms with Crippen LogP contribution in [0.1, 0.15) is 187 Å². The number of hydrogen-bond donors (Lipinski definition) is 3. The van der Waals surface area contributed by atoms with E-state index >= 15 is 0 Å². The summed E-state index contributed by atoms with van der Waals surface area (Å²) in [5.74, 6) is -0.916. The Balaban J connectivity index is 4.22. The normalized spacial score (nSPS) is 14.4. The topological polar surface area (TPSA) is 155 Å². The fraction of sp³-hybridized carbons (Fsp3) is 0.745. The Labute approximate surface area is 353 Å². The predicted octanol–water partition coefficient (Wildman–Crippen LogP) is 12.2. The summed E-state index contributed by atoms with van der Waals surface area (Å²) in [6.07, 6.45) is 47.7. The maximum atomic E-state index is 12.6. The lowest BCUT2D eigenvalue weighted by Gasteiger charge is -2.19. The van der Waals surface area contributed by atoms with Crippen molar-refractivity contribution in [3.63, 3.8) is 0 Å². The van der Waals surface area contributed by atoms with Crippen LogP contribution in [-0.2, 0) is 32.7 Å². The van der Waals surface area contributed by atoms with E-state index in [1.807, 2.05) is 13.0 Å². The van der Waals surface area contributed by atoms with Crippen LogP contribution in [0.25, 0.3) is 0 Å². The summed E-state index contributed by atoms with van der Waals surface area (Å²) in [4.78, 5) is 34.9. The van der Waals surface area contributed by atoms with Gasteiger partial charge < -0.3 is 25.2 Å². The summed E-state index contributed by atoms with van der Waals surface area (Å²) < 4.78 is 32.7. The van der Waals surface area contributed by atoms with Crippen LogP contribution in [0.5, 0.6) is 0 Å². The molecule has 0 aromatic carbocycles. The van der Waals surface area contributed by atoms with Crippen molar-refractivity contribution in [2.24, 2.45) is 5.73 Å². The van der Waals surface area contributed by atoms with E-state index in [0.717, 1.165) is 57.8 Å². The van der Waals surface area contributed by atoms with Gasteiger partial charge in [-0.25, -0.2) is 4.57 Å². The molecular formula is C47H84NO9P. The lowest BCUT2D eigenvalue weighted by Crippen LogP contribution is -2.29. The average Bonchev–Trinajstić information content (AvgIpc) is 3.21. The second-order valence-corrected chi connectivity index (χ2v) is 16.5. The molecule has 0 aliphatic carbocycles. The summed E-state index contributed by atoms with van der Waals surface area (Å²) in [5.41, 5.74) is 5.34. The summed E-state index contributed by atoms with van der Waals surface area (Å²) in [6, 6.07) is 0. The molecule has 1 unspecified atom stereocenters. The fourth-order valence-corrected chi connectivity index (χ4v) is 6.72. The first kappa shape index (κ1) is 55.7. The second-order valence-electron chi connectivity index (χ2n) is 15.1. The standard InChI is InChI=1S/C47H84NO9P/c1-3-5-6-7-8-9-10-11-12-13-14-15-16-20-23-26-29-32-35-38-46(50)54-42-45(43-56-58(52,53)55-41-40-48)57-47(51)39-36-33-30-27-24-21-18-17-19-22-25-28-31-34-37-44(49)4-2/h11-12,18-19,21-22,27-28,30-31,44-45,49H,3-10,13-17,20,23-26,29,32-43,48H2,1-2H3,(H,52,53)/b12-11-,21-18-,22-19-,30-27-,31-28-/t44-,45-/m1/s1. The number of rotatable bonds is 42. The molecule has 0 bridgehead atoms. The van der Waals surface area contributed by atoms with Crippen molar-refractivity contribution >= 4 is 19.8 Å². The minimum Gasteiger partial charge on any atom is -0.462 e. The van der Waals surface area contributed by atoms with Crippen LogP contribution < -0.4 is 5.73 Å². The highest BCUT2D eigenvalue weighted by molar-refractivity contribution is 7.47. The van der Waals surface area contributed by atoms with Crippen LogP contribution >= 0.6 is 7.82 Å². The first-order valence-electron chi connectivity index (χ1n) is 22.8. The number of hydrogen-bond acceptors (Lipinski definition) is 9. The molecule has 0 aromatic heterocycles. The number of carbonyl (C=O) groups excluding carboxylic acids is 2. The minimum atomic E-state index is -4.40.